The van der Waals surface area contributed by atoms with E-state index in [2.05, 4.69) is 12.1 Å². The fourth-order valence-electron chi connectivity index (χ4n) is 2.24. The lowest BCUT2D eigenvalue weighted by Gasteiger charge is -2.33. The highest BCUT2D eigenvalue weighted by Gasteiger charge is 2.27. The van der Waals surface area contributed by atoms with E-state index in [1.54, 1.807) is 0 Å². The molecule has 2 atom stereocenters. The van der Waals surface area contributed by atoms with Crippen molar-refractivity contribution in [2.24, 2.45) is 17.0 Å². The molecule has 4 nitrogen and oxygen atoms in total. The maximum atomic E-state index is 12.1. The van der Waals surface area contributed by atoms with E-state index in [0.29, 0.717) is 19.5 Å². The van der Waals surface area contributed by atoms with Crippen molar-refractivity contribution in [2.75, 3.05) is 13.1 Å². The van der Waals surface area contributed by atoms with Gasteiger partial charge in [-0.15, -0.1) is 0 Å². The van der Waals surface area contributed by atoms with E-state index >= 15 is 0 Å². The zero-order valence-electron chi connectivity index (χ0n) is 10.4. The topological polar surface area (TPSA) is 52.9 Å². The van der Waals surface area contributed by atoms with Crippen LogP contribution in [0.2, 0.25) is 0 Å². The molecule has 0 aromatic heterocycles. The number of amides is 1. The summed E-state index contributed by atoms with van der Waals surface area (Å²) < 4.78 is 0. The first kappa shape index (κ1) is 13.0. The predicted molar refractivity (Wildman–Crippen MR) is 63.7 cm³/mol. The highest BCUT2D eigenvalue weighted by atomic mass is 16.4. The van der Waals surface area contributed by atoms with Crippen LogP contribution in [0.1, 0.15) is 40.0 Å². The van der Waals surface area contributed by atoms with Crippen LogP contribution in [-0.2, 0) is 4.79 Å². The molecule has 1 amide bonds. The van der Waals surface area contributed by atoms with Gasteiger partial charge in [0.1, 0.15) is 0 Å². The Hall–Kier alpha value is -1.06. The number of rotatable bonds is 3. The highest BCUT2D eigenvalue weighted by Crippen LogP contribution is 2.17. The Labute approximate surface area is 97.3 Å². The lowest BCUT2D eigenvalue weighted by molar-refractivity contribution is -0.135. The fraction of sp³-hybridized carbons (Fsp3) is 0.833. The van der Waals surface area contributed by atoms with Gasteiger partial charge in [0.2, 0.25) is 5.91 Å². The molecule has 4 heteroatoms. The first-order valence-electron chi connectivity index (χ1n) is 6.09. The van der Waals surface area contributed by atoms with Crippen molar-refractivity contribution in [3.05, 3.63) is 0 Å². The Morgan fingerprint density at radius 1 is 1.69 bits per heavy atom. The summed E-state index contributed by atoms with van der Waals surface area (Å²) in [7, 11) is 0. The number of likely N-dealkylation sites (tertiary alicyclic amines) is 1. The van der Waals surface area contributed by atoms with E-state index in [9.17, 15) is 4.79 Å². The Morgan fingerprint density at radius 3 is 2.88 bits per heavy atom. The third-order valence-corrected chi connectivity index (χ3v) is 3.28. The molecule has 0 saturated carbocycles. The first-order valence-corrected chi connectivity index (χ1v) is 6.09. The van der Waals surface area contributed by atoms with Crippen LogP contribution in [0, 0.1) is 11.8 Å². The summed E-state index contributed by atoms with van der Waals surface area (Å²) in [5.41, 5.74) is 0.812. The van der Waals surface area contributed by atoms with E-state index in [4.69, 9.17) is 5.21 Å². The molecule has 2 unspecified atom stereocenters. The van der Waals surface area contributed by atoms with E-state index < -0.39 is 0 Å². The van der Waals surface area contributed by atoms with Crippen LogP contribution < -0.4 is 0 Å². The summed E-state index contributed by atoms with van der Waals surface area (Å²) in [6.07, 6.45) is 2.69. The van der Waals surface area contributed by atoms with Gasteiger partial charge in [-0.05, 0) is 6.42 Å². The van der Waals surface area contributed by atoms with Gasteiger partial charge in [0.05, 0.1) is 5.71 Å². The second-order valence-corrected chi connectivity index (χ2v) is 4.72. The Bertz CT molecular complexity index is 276. The summed E-state index contributed by atoms with van der Waals surface area (Å²) in [5.74, 6) is 0.534. The number of carbonyl (C=O) groups is 1. The molecule has 1 rings (SSSR count). The van der Waals surface area contributed by atoms with E-state index in [1.807, 2.05) is 18.7 Å². The van der Waals surface area contributed by atoms with Crippen LogP contribution >= 0.6 is 0 Å². The largest absolute Gasteiger partial charge is 0.411 e. The molecule has 92 valence electrons. The molecular formula is C12H22N2O2. The standard InChI is InChI=1S/C12H22N2O2/c1-4-5-9(2)12(15)14-7-6-11(13-16)10(3)8-14/h9-10,16H,4-8H2,1-3H3. The minimum Gasteiger partial charge on any atom is -0.411 e. The van der Waals surface area contributed by atoms with Gasteiger partial charge in [-0.3, -0.25) is 4.79 Å². The quantitative estimate of drug-likeness (QED) is 0.592. The van der Waals surface area contributed by atoms with Crippen LogP contribution in [0.5, 0.6) is 0 Å². The molecule has 1 heterocycles. The van der Waals surface area contributed by atoms with Crippen LogP contribution in [0.4, 0.5) is 0 Å². The Kier molecular flexibility index (Phi) is 4.77. The number of piperidine rings is 1. The number of hydrogen-bond donors (Lipinski definition) is 1. The molecule has 0 aromatic carbocycles. The molecule has 16 heavy (non-hydrogen) atoms. The Morgan fingerprint density at radius 2 is 2.38 bits per heavy atom. The van der Waals surface area contributed by atoms with Gasteiger partial charge in [-0.25, -0.2) is 0 Å². The molecule has 1 aliphatic heterocycles. The van der Waals surface area contributed by atoms with Crippen molar-refractivity contribution in [3.63, 3.8) is 0 Å². The minimum atomic E-state index is 0.116. The molecule has 1 fully saturated rings. The van der Waals surface area contributed by atoms with Gasteiger partial charge in [0, 0.05) is 31.3 Å². The molecule has 1 N–H and O–H groups in total. The Balaban J connectivity index is 2.54. The molecule has 0 radical (unpaired) electrons. The van der Waals surface area contributed by atoms with Crippen LogP contribution in [0.25, 0.3) is 0 Å². The van der Waals surface area contributed by atoms with E-state index in [-0.39, 0.29) is 17.7 Å². The van der Waals surface area contributed by atoms with Crippen molar-refractivity contribution in [1.29, 1.82) is 0 Å². The van der Waals surface area contributed by atoms with Crippen LogP contribution in [-0.4, -0.2) is 34.8 Å². The molecule has 0 spiro atoms. The van der Waals surface area contributed by atoms with Crippen LogP contribution in [0.15, 0.2) is 5.16 Å². The summed E-state index contributed by atoms with van der Waals surface area (Å²) in [5, 5.41) is 12.0. The smallest absolute Gasteiger partial charge is 0.225 e. The maximum Gasteiger partial charge on any atom is 0.225 e. The van der Waals surface area contributed by atoms with E-state index in [1.165, 1.54) is 0 Å². The molecule has 1 saturated heterocycles. The second kappa shape index (κ2) is 5.87. The molecule has 0 aromatic rings. The lowest BCUT2D eigenvalue weighted by Crippen LogP contribution is -2.45. The van der Waals surface area contributed by atoms with Gasteiger partial charge in [0.25, 0.3) is 0 Å². The molecule has 1 aliphatic rings. The summed E-state index contributed by atoms with van der Waals surface area (Å²) in [4.78, 5) is 14.0. The van der Waals surface area contributed by atoms with Crippen molar-refractivity contribution in [3.8, 4) is 0 Å². The monoisotopic (exact) mass is 226 g/mol. The molecule has 0 aliphatic carbocycles. The summed E-state index contributed by atoms with van der Waals surface area (Å²) >= 11 is 0. The first-order chi connectivity index (χ1) is 7.60. The summed E-state index contributed by atoms with van der Waals surface area (Å²) in [6, 6.07) is 0. The van der Waals surface area contributed by atoms with Gasteiger partial charge in [-0.2, -0.15) is 0 Å². The normalized spacial score (nSPS) is 25.8. The highest BCUT2D eigenvalue weighted by molar-refractivity contribution is 5.89. The minimum absolute atomic E-state index is 0.116. The van der Waals surface area contributed by atoms with Crippen molar-refractivity contribution in [1.82, 2.24) is 4.90 Å². The van der Waals surface area contributed by atoms with Gasteiger partial charge >= 0.3 is 0 Å². The van der Waals surface area contributed by atoms with Crippen molar-refractivity contribution < 1.29 is 10.0 Å². The average molecular weight is 226 g/mol. The van der Waals surface area contributed by atoms with Crippen molar-refractivity contribution in [2.45, 2.75) is 40.0 Å². The van der Waals surface area contributed by atoms with E-state index in [0.717, 1.165) is 18.6 Å². The third-order valence-electron chi connectivity index (χ3n) is 3.28. The number of oxime groups is 1. The number of carbonyl (C=O) groups excluding carboxylic acids is 1. The second-order valence-electron chi connectivity index (χ2n) is 4.72. The SMILES string of the molecule is CCCC(C)C(=O)N1CCC(=NO)C(C)C1. The summed E-state index contributed by atoms with van der Waals surface area (Å²) in [6.45, 7) is 7.47. The zero-order chi connectivity index (χ0) is 12.1. The number of hydrogen-bond acceptors (Lipinski definition) is 3. The van der Waals surface area contributed by atoms with Gasteiger partial charge in [0.15, 0.2) is 0 Å². The van der Waals surface area contributed by atoms with Crippen LogP contribution in [0.3, 0.4) is 0 Å². The molecule has 0 bridgehead atoms. The molecular weight excluding hydrogens is 204 g/mol. The third kappa shape index (κ3) is 2.97. The van der Waals surface area contributed by atoms with Crippen molar-refractivity contribution >= 4 is 11.6 Å². The maximum absolute atomic E-state index is 12.1. The predicted octanol–water partition coefficient (Wildman–Crippen LogP) is 2.12. The van der Waals surface area contributed by atoms with Gasteiger partial charge in [-0.1, -0.05) is 32.3 Å². The van der Waals surface area contributed by atoms with Gasteiger partial charge < -0.3 is 10.1 Å². The number of nitrogens with zero attached hydrogens (tertiary/aromatic N) is 2. The zero-order valence-corrected chi connectivity index (χ0v) is 10.4. The fourth-order valence-corrected chi connectivity index (χ4v) is 2.24. The average Bonchev–Trinajstić information content (AvgIpc) is 2.28. The lowest BCUT2D eigenvalue weighted by atomic mass is 9.95.